The minimum Gasteiger partial charge on any atom is -0.396 e. The van der Waals surface area contributed by atoms with Crippen LogP contribution in [0.2, 0.25) is 0 Å². The van der Waals surface area contributed by atoms with E-state index in [1.165, 1.54) is 12.5 Å². The number of aliphatic hydroxyl groups is 2. The first-order chi connectivity index (χ1) is 14.0. The molecule has 2 amide bonds. The van der Waals surface area contributed by atoms with Gasteiger partial charge in [0.15, 0.2) is 6.04 Å². The van der Waals surface area contributed by atoms with E-state index >= 15 is 0 Å². The Kier molecular flexibility index (Phi) is 8.66. The van der Waals surface area contributed by atoms with Crippen LogP contribution in [0.15, 0.2) is 24.3 Å². The number of amides is 2. The van der Waals surface area contributed by atoms with Crippen LogP contribution >= 0.6 is 0 Å². The van der Waals surface area contributed by atoms with Crippen molar-refractivity contribution in [3.63, 3.8) is 0 Å². The Labute approximate surface area is 169 Å². The summed E-state index contributed by atoms with van der Waals surface area (Å²) < 4.78 is 0. The molecule has 0 saturated heterocycles. The minimum atomic E-state index is -1.46. The molecule has 1 aromatic carbocycles. The first-order valence-electron chi connectivity index (χ1n) is 9.30. The molecule has 8 nitrogen and oxygen atoms in total. The fraction of sp³-hybridized carbons (Fsp3) is 0.429. The standard InChI is InChI=1S/C21H25N3O5/c1-22-20(27)18(21(28)24-29)23-19(26)17-10-8-14(9-11-17)4-2-3-5-15-6-7-16(12-15)13-25/h8-11,15-16,18-19,23,25-26,29H,6-7,12-13H2,1H3,(H,22,27)(H,24,28). The van der Waals surface area contributed by atoms with Gasteiger partial charge in [-0.2, -0.15) is 0 Å². The molecule has 1 aliphatic rings. The third kappa shape index (κ3) is 6.60. The number of hydroxylamine groups is 1. The lowest BCUT2D eigenvalue weighted by Crippen LogP contribution is -2.53. The van der Waals surface area contributed by atoms with Crippen molar-refractivity contribution in [2.24, 2.45) is 11.8 Å². The largest absolute Gasteiger partial charge is 0.396 e. The summed E-state index contributed by atoms with van der Waals surface area (Å²) in [6.45, 7) is 0.214. The Hall–Kier alpha value is -2.88. The molecule has 0 aromatic heterocycles. The number of likely N-dealkylation sites (N-methyl/N-ethyl adjacent to an activating group) is 1. The number of hydrogen-bond acceptors (Lipinski definition) is 6. The molecule has 1 fully saturated rings. The maximum absolute atomic E-state index is 11.7. The van der Waals surface area contributed by atoms with Gasteiger partial charge in [-0.25, -0.2) is 5.48 Å². The van der Waals surface area contributed by atoms with Crippen LogP contribution in [0.25, 0.3) is 0 Å². The van der Waals surface area contributed by atoms with Crippen molar-refractivity contribution in [2.75, 3.05) is 13.7 Å². The molecule has 8 heteroatoms. The number of aliphatic hydroxyl groups excluding tert-OH is 2. The molecule has 1 saturated carbocycles. The summed E-state index contributed by atoms with van der Waals surface area (Å²) in [5.41, 5.74) is 2.50. The average Bonchev–Trinajstić information content (AvgIpc) is 3.22. The number of carbonyl (C=O) groups excluding carboxylic acids is 2. The van der Waals surface area contributed by atoms with Crippen molar-refractivity contribution in [3.05, 3.63) is 35.4 Å². The van der Waals surface area contributed by atoms with Crippen LogP contribution < -0.4 is 16.1 Å². The van der Waals surface area contributed by atoms with Gasteiger partial charge in [0, 0.05) is 25.1 Å². The molecule has 4 atom stereocenters. The molecule has 1 aliphatic carbocycles. The van der Waals surface area contributed by atoms with E-state index in [2.05, 4.69) is 34.3 Å². The van der Waals surface area contributed by atoms with Gasteiger partial charge in [-0.05, 0) is 54.7 Å². The molecule has 0 aliphatic heterocycles. The maximum atomic E-state index is 11.7. The zero-order chi connectivity index (χ0) is 21.2. The van der Waals surface area contributed by atoms with E-state index in [4.69, 9.17) is 10.3 Å². The van der Waals surface area contributed by atoms with E-state index < -0.39 is 24.1 Å². The summed E-state index contributed by atoms with van der Waals surface area (Å²) in [7, 11) is 1.34. The first kappa shape index (κ1) is 22.4. The van der Waals surface area contributed by atoms with Crippen LogP contribution in [-0.2, 0) is 9.59 Å². The highest BCUT2D eigenvalue weighted by Crippen LogP contribution is 2.29. The van der Waals surface area contributed by atoms with E-state index in [0.717, 1.165) is 19.3 Å². The summed E-state index contributed by atoms with van der Waals surface area (Å²) in [5.74, 6) is 10.6. The molecule has 29 heavy (non-hydrogen) atoms. The second-order valence-corrected chi connectivity index (χ2v) is 6.79. The fourth-order valence-electron chi connectivity index (χ4n) is 3.10. The number of rotatable bonds is 6. The zero-order valence-electron chi connectivity index (χ0n) is 16.1. The van der Waals surface area contributed by atoms with Gasteiger partial charge < -0.3 is 15.5 Å². The normalized spacial score (nSPS) is 19.7. The van der Waals surface area contributed by atoms with E-state index in [1.54, 1.807) is 24.3 Å². The molecule has 0 radical (unpaired) electrons. The molecule has 0 bridgehead atoms. The molecule has 4 unspecified atom stereocenters. The third-order valence-corrected chi connectivity index (χ3v) is 4.78. The van der Waals surface area contributed by atoms with Crippen molar-refractivity contribution in [3.8, 4) is 23.7 Å². The number of benzene rings is 1. The van der Waals surface area contributed by atoms with Crippen molar-refractivity contribution < 1.29 is 25.0 Å². The monoisotopic (exact) mass is 399 g/mol. The van der Waals surface area contributed by atoms with Gasteiger partial charge >= 0.3 is 0 Å². The molecule has 0 spiro atoms. The van der Waals surface area contributed by atoms with E-state index in [0.29, 0.717) is 17.0 Å². The Morgan fingerprint density at radius 3 is 2.48 bits per heavy atom. The van der Waals surface area contributed by atoms with E-state index in [1.807, 2.05) is 0 Å². The smallest absolute Gasteiger partial charge is 0.270 e. The van der Waals surface area contributed by atoms with Gasteiger partial charge in [-0.1, -0.05) is 24.0 Å². The van der Waals surface area contributed by atoms with Gasteiger partial charge in [0.2, 0.25) is 5.91 Å². The quantitative estimate of drug-likeness (QED) is 0.127. The van der Waals surface area contributed by atoms with Gasteiger partial charge in [-0.15, -0.1) is 0 Å². The van der Waals surface area contributed by atoms with Crippen LogP contribution in [0.1, 0.15) is 36.6 Å². The topological polar surface area (TPSA) is 131 Å². The van der Waals surface area contributed by atoms with Crippen molar-refractivity contribution >= 4 is 11.8 Å². The first-order valence-corrected chi connectivity index (χ1v) is 9.30. The van der Waals surface area contributed by atoms with Crippen molar-refractivity contribution in [1.29, 1.82) is 0 Å². The van der Waals surface area contributed by atoms with Crippen LogP contribution in [-0.4, -0.2) is 46.9 Å². The minimum absolute atomic E-state index is 0.214. The molecule has 0 heterocycles. The number of carbonyl (C=O) groups is 2. The molecular weight excluding hydrogens is 374 g/mol. The van der Waals surface area contributed by atoms with E-state index in [-0.39, 0.29) is 12.5 Å². The lowest BCUT2D eigenvalue weighted by atomic mass is 10.1. The lowest BCUT2D eigenvalue weighted by Gasteiger charge is -2.19. The molecule has 6 N–H and O–H groups in total. The second kappa shape index (κ2) is 11.2. The number of hydrogen-bond donors (Lipinski definition) is 6. The Morgan fingerprint density at radius 2 is 1.90 bits per heavy atom. The predicted octanol–water partition coefficient (Wildman–Crippen LogP) is -0.349. The molecule has 2 rings (SSSR count). The summed E-state index contributed by atoms with van der Waals surface area (Å²) in [4.78, 5) is 23.3. The molecule has 1 aromatic rings. The second-order valence-electron chi connectivity index (χ2n) is 6.79. The average molecular weight is 399 g/mol. The third-order valence-electron chi connectivity index (χ3n) is 4.78. The van der Waals surface area contributed by atoms with Crippen LogP contribution in [0, 0.1) is 35.5 Å². The van der Waals surface area contributed by atoms with Gasteiger partial charge in [0.1, 0.15) is 6.23 Å². The zero-order valence-corrected chi connectivity index (χ0v) is 16.1. The predicted molar refractivity (Wildman–Crippen MR) is 105 cm³/mol. The van der Waals surface area contributed by atoms with Gasteiger partial charge in [0.05, 0.1) is 0 Å². The summed E-state index contributed by atoms with van der Waals surface area (Å²) in [5, 5.41) is 32.8. The highest BCUT2D eigenvalue weighted by atomic mass is 16.5. The Bertz CT molecular complexity index is 816. The van der Waals surface area contributed by atoms with Crippen molar-refractivity contribution in [1.82, 2.24) is 16.1 Å². The fourth-order valence-corrected chi connectivity index (χ4v) is 3.10. The van der Waals surface area contributed by atoms with Gasteiger partial charge in [0.25, 0.3) is 5.91 Å². The summed E-state index contributed by atoms with van der Waals surface area (Å²) >= 11 is 0. The van der Waals surface area contributed by atoms with Crippen molar-refractivity contribution in [2.45, 2.75) is 31.5 Å². The lowest BCUT2D eigenvalue weighted by molar-refractivity contribution is -0.139. The van der Waals surface area contributed by atoms with E-state index in [9.17, 15) is 14.7 Å². The molecule has 154 valence electrons. The Morgan fingerprint density at radius 1 is 1.17 bits per heavy atom. The van der Waals surface area contributed by atoms with Gasteiger partial charge in [-0.3, -0.25) is 20.1 Å². The van der Waals surface area contributed by atoms with Crippen LogP contribution in [0.4, 0.5) is 0 Å². The number of nitrogens with one attached hydrogen (secondary N) is 3. The SMILES string of the molecule is CNC(=O)C(NC(O)c1ccc(C#CC#CC2CCC(CO)C2)cc1)C(=O)NO. The summed E-state index contributed by atoms with van der Waals surface area (Å²) in [6.07, 6.45) is 1.60. The highest BCUT2D eigenvalue weighted by Gasteiger charge is 2.28. The van der Waals surface area contributed by atoms with Crippen LogP contribution in [0.3, 0.4) is 0 Å². The highest BCUT2D eigenvalue weighted by molar-refractivity contribution is 6.03. The molecular formula is C21H25N3O5. The maximum Gasteiger partial charge on any atom is 0.270 e. The summed E-state index contributed by atoms with van der Waals surface area (Å²) in [6, 6.07) is 5.13. The van der Waals surface area contributed by atoms with Crippen LogP contribution in [0.5, 0.6) is 0 Å². The Balaban J connectivity index is 1.96.